The summed E-state index contributed by atoms with van der Waals surface area (Å²) < 4.78 is 4.98. The molecule has 0 aliphatic carbocycles. The average Bonchev–Trinajstić information content (AvgIpc) is 2.27. The molecule has 1 rings (SSSR count). The van der Waals surface area contributed by atoms with Crippen LogP contribution in [0.3, 0.4) is 0 Å². The molecule has 1 unspecified atom stereocenters. The number of nitrogens with one attached hydrogen (secondary N) is 1. The summed E-state index contributed by atoms with van der Waals surface area (Å²) >= 11 is 0. The lowest BCUT2D eigenvalue weighted by molar-refractivity contribution is -0.137. The second-order valence-corrected chi connectivity index (χ2v) is 3.40. The molecule has 0 radical (unpaired) electrons. The Hall–Kier alpha value is -2.11. The fourth-order valence-corrected chi connectivity index (χ4v) is 1.29. The van der Waals surface area contributed by atoms with Crippen molar-refractivity contribution < 1.29 is 14.6 Å². The van der Waals surface area contributed by atoms with Crippen molar-refractivity contribution in [1.82, 2.24) is 9.97 Å². The van der Waals surface area contributed by atoms with E-state index in [1.165, 1.54) is 13.2 Å². The minimum absolute atomic E-state index is 0.306. The molecule has 92 valence electrons. The van der Waals surface area contributed by atoms with Crippen LogP contribution >= 0.6 is 0 Å². The maximum atomic E-state index is 10.9. The standard InChI is InChI=1S/C11H15N3O3/c1-4-5-8(11(15)16)14-9-6-10(17-3)13-7(2)12-9/h4,6,8H,1,5H2,2-3H3,(H,15,16)(H,12,13,14). The number of aromatic nitrogens is 2. The summed E-state index contributed by atoms with van der Waals surface area (Å²) in [4.78, 5) is 19.0. The van der Waals surface area contributed by atoms with Crippen molar-refractivity contribution >= 4 is 11.8 Å². The Labute approximate surface area is 99.4 Å². The summed E-state index contributed by atoms with van der Waals surface area (Å²) in [5.41, 5.74) is 0. The quantitative estimate of drug-likeness (QED) is 0.724. The molecule has 6 heteroatoms. The summed E-state index contributed by atoms with van der Waals surface area (Å²) in [6.45, 7) is 5.22. The third-order valence-corrected chi connectivity index (χ3v) is 2.05. The van der Waals surface area contributed by atoms with Gasteiger partial charge in [0.2, 0.25) is 5.88 Å². The molecule has 1 atom stereocenters. The zero-order chi connectivity index (χ0) is 12.8. The van der Waals surface area contributed by atoms with Gasteiger partial charge in [-0.1, -0.05) is 6.08 Å². The van der Waals surface area contributed by atoms with Crippen molar-refractivity contribution in [1.29, 1.82) is 0 Å². The van der Waals surface area contributed by atoms with E-state index in [0.29, 0.717) is 23.9 Å². The van der Waals surface area contributed by atoms with Gasteiger partial charge in [-0.2, -0.15) is 4.98 Å². The molecule has 0 aliphatic heterocycles. The van der Waals surface area contributed by atoms with Gasteiger partial charge >= 0.3 is 5.97 Å². The number of aliphatic carboxylic acids is 1. The molecule has 1 aromatic rings. The lowest BCUT2D eigenvalue weighted by atomic mass is 10.2. The Morgan fingerprint density at radius 1 is 1.71 bits per heavy atom. The molecular weight excluding hydrogens is 222 g/mol. The molecule has 0 aliphatic rings. The first-order chi connectivity index (χ1) is 8.06. The molecule has 0 aromatic carbocycles. The Bertz CT molecular complexity index is 420. The van der Waals surface area contributed by atoms with Crippen LogP contribution in [0.5, 0.6) is 5.88 Å². The van der Waals surface area contributed by atoms with Crippen molar-refractivity contribution in [3.8, 4) is 5.88 Å². The predicted molar refractivity (Wildman–Crippen MR) is 63.2 cm³/mol. The molecule has 6 nitrogen and oxygen atoms in total. The van der Waals surface area contributed by atoms with Gasteiger partial charge in [0.05, 0.1) is 7.11 Å². The van der Waals surface area contributed by atoms with E-state index >= 15 is 0 Å². The first kappa shape index (κ1) is 13.0. The fraction of sp³-hybridized carbons (Fsp3) is 0.364. The zero-order valence-electron chi connectivity index (χ0n) is 9.80. The summed E-state index contributed by atoms with van der Waals surface area (Å²) in [5, 5.41) is 11.8. The van der Waals surface area contributed by atoms with E-state index in [4.69, 9.17) is 9.84 Å². The number of ether oxygens (including phenoxy) is 1. The van der Waals surface area contributed by atoms with Gasteiger partial charge < -0.3 is 15.2 Å². The van der Waals surface area contributed by atoms with Crippen molar-refractivity contribution in [3.63, 3.8) is 0 Å². The molecule has 0 spiro atoms. The van der Waals surface area contributed by atoms with Crippen LogP contribution in [0.4, 0.5) is 5.82 Å². The maximum absolute atomic E-state index is 10.9. The number of nitrogens with zero attached hydrogens (tertiary/aromatic N) is 2. The van der Waals surface area contributed by atoms with E-state index in [-0.39, 0.29) is 0 Å². The summed E-state index contributed by atoms with van der Waals surface area (Å²) in [6.07, 6.45) is 1.85. The molecular formula is C11H15N3O3. The molecule has 2 N–H and O–H groups in total. The third kappa shape index (κ3) is 3.75. The molecule has 0 saturated carbocycles. The highest BCUT2D eigenvalue weighted by Gasteiger charge is 2.16. The Morgan fingerprint density at radius 2 is 2.41 bits per heavy atom. The summed E-state index contributed by atoms with van der Waals surface area (Å²) in [7, 11) is 1.49. The van der Waals surface area contributed by atoms with E-state index in [2.05, 4.69) is 21.9 Å². The fourth-order valence-electron chi connectivity index (χ4n) is 1.29. The van der Waals surface area contributed by atoms with Gasteiger partial charge in [-0.15, -0.1) is 6.58 Å². The third-order valence-electron chi connectivity index (χ3n) is 2.05. The number of carbonyl (C=O) groups is 1. The van der Waals surface area contributed by atoms with Crippen molar-refractivity contribution in [3.05, 3.63) is 24.5 Å². The van der Waals surface area contributed by atoms with E-state index in [0.717, 1.165) is 0 Å². The number of rotatable bonds is 6. The van der Waals surface area contributed by atoms with Gasteiger partial charge in [0.25, 0.3) is 0 Å². The topological polar surface area (TPSA) is 84.3 Å². The van der Waals surface area contributed by atoms with E-state index in [9.17, 15) is 4.79 Å². The van der Waals surface area contributed by atoms with Gasteiger partial charge in [0.1, 0.15) is 17.7 Å². The second-order valence-electron chi connectivity index (χ2n) is 3.40. The van der Waals surface area contributed by atoms with Gasteiger partial charge in [0, 0.05) is 6.07 Å². The molecule has 0 amide bonds. The lowest BCUT2D eigenvalue weighted by Gasteiger charge is -2.13. The Balaban J connectivity index is 2.88. The first-order valence-corrected chi connectivity index (χ1v) is 5.06. The van der Waals surface area contributed by atoms with Gasteiger partial charge in [0.15, 0.2) is 0 Å². The van der Waals surface area contributed by atoms with Crippen LogP contribution < -0.4 is 10.1 Å². The molecule has 0 bridgehead atoms. The van der Waals surface area contributed by atoms with Gasteiger partial charge in [-0.05, 0) is 13.3 Å². The van der Waals surface area contributed by atoms with Gasteiger partial charge in [-0.25, -0.2) is 9.78 Å². The van der Waals surface area contributed by atoms with Crippen molar-refractivity contribution in [2.45, 2.75) is 19.4 Å². The summed E-state index contributed by atoms with van der Waals surface area (Å²) in [6, 6.07) is 0.790. The monoisotopic (exact) mass is 237 g/mol. The number of hydrogen-bond acceptors (Lipinski definition) is 5. The van der Waals surface area contributed by atoms with Crippen LogP contribution in [-0.4, -0.2) is 34.2 Å². The van der Waals surface area contributed by atoms with Crippen LogP contribution in [0.15, 0.2) is 18.7 Å². The van der Waals surface area contributed by atoms with Crippen molar-refractivity contribution in [2.75, 3.05) is 12.4 Å². The number of carboxylic acid groups (broad SMARTS) is 1. The smallest absolute Gasteiger partial charge is 0.326 e. The number of anilines is 1. The number of carboxylic acids is 1. The minimum Gasteiger partial charge on any atom is -0.481 e. The molecule has 0 saturated heterocycles. The van der Waals surface area contributed by atoms with Crippen LogP contribution in [0.25, 0.3) is 0 Å². The zero-order valence-corrected chi connectivity index (χ0v) is 9.80. The second kappa shape index (κ2) is 5.83. The Kier molecular flexibility index (Phi) is 4.45. The van der Waals surface area contributed by atoms with Gasteiger partial charge in [-0.3, -0.25) is 0 Å². The van der Waals surface area contributed by atoms with Crippen LogP contribution in [0, 0.1) is 6.92 Å². The molecule has 0 fully saturated rings. The highest BCUT2D eigenvalue weighted by atomic mass is 16.5. The largest absolute Gasteiger partial charge is 0.481 e. The first-order valence-electron chi connectivity index (χ1n) is 5.06. The van der Waals surface area contributed by atoms with Crippen LogP contribution in [0.2, 0.25) is 0 Å². The van der Waals surface area contributed by atoms with Crippen LogP contribution in [0.1, 0.15) is 12.2 Å². The Morgan fingerprint density at radius 3 is 2.94 bits per heavy atom. The molecule has 1 aromatic heterocycles. The summed E-state index contributed by atoms with van der Waals surface area (Å²) in [5.74, 6) is 0.362. The normalized spacial score (nSPS) is 11.6. The highest BCUT2D eigenvalue weighted by molar-refractivity contribution is 5.77. The molecule has 17 heavy (non-hydrogen) atoms. The van der Waals surface area contributed by atoms with E-state index < -0.39 is 12.0 Å². The number of hydrogen-bond donors (Lipinski definition) is 2. The highest BCUT2D eigenvalue weighted by Crippen LogP contribution is 2.14. The van der Waals surface area contributed by atoms with Crippen molar-refractivity contribution in [2.24, 2.45) is 0 Å². The number of aryl methyl sites for hydroxylation is 1. The SMILES string of the molecule is C=CCC(Nc1cc(OC)nc(C)n1)C(=O)O. The maximum Gasteiger partial charge on any atom is 0.326 e. The molecule has 1 heterocycles. The van der Waals surface area contributed by atoms with E-state index in [1.807, 2.05) is 0 Å². The average molecular weight is 237 g/mol. The predicted octanol–water partition coefficient (Wildman–Crippen LogP) is 1.23. The lowest BCUT2D eigenvalue weighted by Crippen LogP contribution is -2.29. The van der Waals surface area contributed by atoms with Crippen LogP contribution in [-0.2, 0) is 4.79 Å². The number of methoxy groups -OCH3 is 1. The van der Waals surface area contributed by atoms with E-state index in [1.54, 1.807) is 13.0 Å². The minimum atomic E-state index is -0.958.